The molecule has 0 radical (unpaired) electrons. The number of esters is 1. The number of pyridine rings is 1. The first-order chi connectivity index (χ1) is 10.6. The fraction of sp³-hybridized carbons (Fsp3) is 0.286. The van der Waals surface area contributed by atoms with Crippen molar-refractivity contribution in [2.75, 3.05) is 20.8 Å². The molecule has 1 aromatic heterocycles. The molecular weight excluding hydrogens is 291 g/mol. The topological polar surface area (TPSA) is 97.2 Å². The summed E-state index contributed by atoms with van der Waals surface area (Å²) in [5, 5.41) is 3.74. The second kappa shape index (κ2) is 6.73. The number of azide groups is 1. The number of hydrogen-bond donors (Lipinski definition) is 0. The van der Waals surface area contributed by atoms with Gasteiger partial charge >= 0.3 is 5.97 Å². The van der Waals surface area contributed by atoms with Gasteiger partial charge in [0.1, 0.15) is 11.4 Å². The molecule has 0 atom stereocenters. The molecule has 8 heteroatoms. The van der Waals surface area contributed by atoms with Crippen LogP contribution in [0.4, 0.5) is 4.39 Å². The zero-order chi connectivity index (χ0) is 16.1. The van der Waals surface area contributed by atoms with Crippen molar-refractivity contribution in [3.63, 3.8) is 0 Å². The number of nitrogens with zero attached hydrogens (tertiary/aromatic N) is 4. The van der Waals surface area contributed by atoms with Gasteiger partial charge in [-0.3, -0.25) is 0 Å². The van der Waals surface area contributed by atoms with E-state index in [0.717, 1.165) is 0 Å². The molecule has 0 saturated heterocycles. The summed E-state index contributed by atoms with van der Waals surface area (Å²) in [5.74, 6) is -0.957. The highest BCUT2D eigenvalue weighted by molar-refractivity contribution is 6.06. The molecule has 0 unspecified atom stereocenters. The third-order valence-electron chi connectivity index (χ3n) is 3.08. The van der Waals surface area contributed by atoms with Crippen LogP contribution in [0.1, 0.15) is 16.1 Å². The Labute approximate surface area is 125 Å². The van der Waals surface area contributed by atoms with Gasteiger partial charge in [-0.05, 0) is 30.2 Å². The predicted molar refractivity (Wildman–Crippen MR) is 77.3 cm³/mol. The van der Waals surface area contributed by atoms with Crippen LogP contribution in [0.15, 0.2) is 23.3 Å². The minimum atomic E-state index is -0.653. The van der Waals surface area contributed by atoms with Crippen molar-refractivity contribution in [3.8, 4) is 5.75 Å². The minimum Gasteiger partial charge on any atom is -0.494 e. The number of carbonyl (C=O) groups is 1. The molecular formula is C14H13FN4O3. The van der Waals surface area contributed by atoms with Gasteiger partial charge in [0.15, 0.2) is 5.75 Å². The van der Waals surface area contributed by atoms with Crippen LogP contribution in [0.5, 0.6) is 5.75 Å². The highest BCUT2D eigenvalue weighted by Gasteiger charge is 2.22. The van der Waals surface area contributed by atoms with E-state index in [1.165, 1.54) is 32.4 Å². The molecule has 0 N–H and O–H groups in total. The number of methoxy groups -OCH3 is 2. The van der Waals surface area contributed by atoms with E-state index in [9.17, 15) is 9.18 Å². The number of carbonyl (C=O) groups excluding carboxylic acids is 1. The summed E-state index contributed by atoms with van der Waals surface area (Å²) >= 11 is 0. The molecule has 7 nitrogen and oxygen atoms in total. The maximum atomic E-state index is 13.5. The Balaban J connectivity index is 2.73. The number of halogens is 1. The van der Waals surface area contributed by atoms with Crippen molar-refractivity contribution in [2.24, 2.45) is 5.11 Å². The molecule has 0 aliphatic heterocycles. The Hall–Kier alpha value is -2.86. The van der Waals surface area contributed by atoms with E-state index in [4.69, 9.17) is 15.0 Å². The Morgan fingerprint density at radius 1 is 1.45 bits per heavy atom. The SMILES string of the molecule is COC(=O)c1c(OC)c(CCN=[N+]=[N-])nc2ccc(F)cc12. The molecule has 0 spiro atoms. The summed E-state index contributed by atoms with van der Waals surface area (Å²) in [6.45, 7) is 0.160. The van der Waals surface area contributed by atoms with E-state index < -0.39 is 11.8 Å². The zero-order valence-corrected chi connectivity index (χ0v) is 12.0. The average Bonchev–Trinajstić information content (AvgIpc) is 2.53. The van der Waals surface area contributed by atoms with Crippen LogP contribution < -0.4 is 4.74 Å². The summed E-state index contributed by atoms with van der Waals surface area (Å²) in [6.07, 6.45) is 0.282. The Bertz CT molecular complexity index is 772. The maximum Gasteiger partial charge on any atom is 0.342 e. The van der Waals surface area contributed by atoms with Gasteiger partial charge in [-0.2, -0.15) is 0 Å². The molecule has 2 rings (SSSR count). The van der Waals surface area contributed by atoms with Crippen LogP contribution in [-0.2, 0) is 11.2 Å². The van der Waals surface area contributed by atoms with Crippen LogP contribution in [0.25, 0.3) is 21.3 Å². The standard InChI is InChI=1S/C14H13FN4O3/c1-21-13-11(5-6-17-19-16)18-10-4-3-8(15)7-9(10)12(13)14(20)22-2/h3-4,7H,5-6H2,1-2H3. The lowest BCUT2D eigenvalue weighted by Crippen LogP contribution is -2.10. The van der Waals surface area contributed by atoms with E-state index in [1.54, 1.807) is 0 Å². The van der Waals surface area contributed by atoms with Crippen molar-refractivity contribution >= 4 is 16.9 Å². The van der Waals surface area contributed by atoms with Gasteiger partial charge in [0, 0.05) is 16.8 Å². The van der Waals surface area contributed by atoms with Crippen molar-refractivity contribution in [2.45, 2.75) is 6.42 Å². The second-order valence-corrected chi connectivity index (χ2v) is 4.32. The number of rotatable bonds is 5. The van der Waals surface area contributed by atoms with E-state index in [0.29, 0.717) is 16.6 Å². The van der Waals surface area contributed by atoms with Gasteiger partial charge in [0.2, 0.25) is 0 Å². The monoisotopic (exact) mass is 304 g/mol. The number of fused-ring (bicyclic) bond motifs is 1. The Morgan fingerprint density at radius 3 is 2.86 bits per heavy atom. The number of aromatic nitrogens is 1. The van der Waals surface area contributed by atoms with Crippen LogP contribution in [-0.4, -0.2) is 31.7 Å². The number of ether oxygens (including phenoxy) is 2. The lowest BCUT2D eigenvalue weighted by atomic mass is 10.0. The molecule has 114 valence electrons. The number of benzene rings is 1. The second-order valence-electron chi connectivity index (χ2n) is 4.32. The van der Waals surface area contributed by atoms with Crippen molar-refractivity contribution in [3.05, 3.63) is 45.7 Å². The summed E-state index contributed by atoms with van der Waals surface area (Å²) < 4.78 is 23.5. The van der Waals surface area contributed by atoms with Gasteiger partial charge in [0.05, 0.1) is 25.4 Å². The van der Waals surface area contributed by atoms with Gasteiger partial charge < -0.3 is 9.47 Å². The van der Waals surface area contributed by atoms with Crippen molar-refractivity contribution in [1.82, 2.24) is 4.98 Å². The molecule has 0 amide bonds. The maximum absolute atomic E-state index is 13.5. The van der Waals surface area contributed by atoms with Crippen molar-refractivity contribution < 1.29 is 18.7 Å². The summed E-state index contributed by atoms with van der Waals surface area (Å²) in [6, 6.07) is 3.92. The Morgan fingerprint density at radius 2 is 2.23 bits per heavy atom. The predicted octanol–water partition coefficient (Wildman–Crippen LogP) is 3.02. The summed E-state index contributed by atoms with van der Waals surface area (Å²) in [5.41, 5.74) is 9.32. The van der Waals surface area contributed by atoms with Crippen LogP contribution in [0.2, 0.25) is 0 Å². The smallest absolute Gasteiger partial charge is 0.342 e. The Kier molecular flexibility index (Phi) is 4.75. The lowest BCUT2D eigenvalue weighted by Gasteiger charge is -2.14. The number of hydrogen-bond acceptors (Lipinski definition) is 5. The molecule has 2 aromatic rings. The lowest BCUT2D eigenvalue weighted by molar-refractivity contribution is 0.0599. The normalized spacial score (nSPS) is 10.1. The van der Waals surface area contributed by atoms with Gasteiger partial charge in [-0.1, -0.05) is 5.11 Å². The minimum absolute atomic E-state index is 0.102. The third-order valence-corrected chi connectivity index (χ3v) is 3.08. The average molecular weight is 304 g/mol. The highest BCUT2D eigenvalue weighted by Crippen LogP contribution is 2.31. The fourth-order valence-corrected chi connectivity index (χ4v) is 2.16. The van der Waals surface area contributed by atoms with E-state index >= 15 is 0 Å². The largest absolute Gasteiger partial charge is 0.494 e. The van der Waals surface area contributed by atoms with Crippen LogP contribution in [0.3, 0.4) is 0 Å². The summed E-state index contributed by atoms with van der Waals surface area (Å²) in [7, 11) is 2.61. The molecule has 1 aromatic carbocycles. The molecule has 22 heavy (non-hydrogen) atoms. The third kappa shape index (κ3) is 2.91. The molecule has 0 bridgehead atoms. The van der Waals surface area contributed by atoms with Gasteiger partial charge in [0.25, 0.3) is 0 Å². The highest BCUT2D eigenvalue weighted by atomic mass is 19.1. The quantitative estimate of drug-likeness (QED) is 0.367. The molecule has 0 fully saturated rings. The van der Waals surface area contributed by atoms with Crippen LogP contribution in [0, 0.1) is 5.82 Å². The van der Waals surface area contributed by atoms with Gasteiger partial charge in [-0.15, -0.1) is 0 Å². The first kappa shape index (κ1) is 15.5. The van der Waals surface area contributed by atoms with E-state index in [-0.39, 0.29) is 24.3 Å². The zero-order valence-electron chi connectivity index (χ0n) is 12.0. The van der Waals surface area contributed by atoms with Gasteiger partial charge in [-0.25, -0.2) is 14.2 Å². The summed E-state index contributed by atoms with van der Waals surface area (Å²) in [4.78, 5) is 19.1. The van der Waals surface area contributed by atoms with Crippen molar-refractivity contribution in [1.29, 1.82) is 0 Å². The molecule has 0 saturated carbocycles. The molecule has 0 aliphatic rings. The van der Waals surface area contributed by atoms with E-state index in [2.05, 4.69) is 15.0 Å². The van der Waals surface area contributed by atoms with E-state index in [1.807, 2.05) is 0 Å². The fourth-order valence-electron chi connectivity index (χ4n) is 2.16. The first-order valence-corrected chi connectivity index (χ1v) is 6.37. The first-order valence-electron chi connectivity index (χ1n) is 6.37. The molecule has 0 aliphatic carbocycles. The van der Waals surface area contributed by atoms with Crippen LogP contribution >= 0.6 is 0 Å². The molecule has 1 heterocycles.